The van der Waals surface area contributed by atoms with E-state index in [1.54, 1.807) is 14.2 Å². The lowest BCUT2D eigenvalue weighted by atomic mass is 9.86. The van der Waals surface area contributed by atoms with Crippen molar-refractivity contribution in [2.24, 2.45) is 5.92 Å². The van der Waals surface area contributed by atoms with Crippen LogP contribution in [0.3, 0.4) is 0 Å². The molecule has 2 atom stereocenters. The van der Waals surface area contributed by atoms with Gasteiger partial charge in [0.15, 0.2) is 0 Å². The largest absolute Gasteiger partial charge is 0.494 e. The van der Waals surface area contributed by atoms with Crippen LogP contribution in [0.25, 0.3) is 22.2 Å². The Morgan fingerprint density at radius 2 is 1.74 bits per heavy atom. The maximum Gasteiger partial charge on any atom is 0.224 e. The normalized spacial score (nSPS) is 17.4. The SMILES string of the molecule is COCCN1C[C@@H](CCC(=O)Nc2cc3ccc(C)c(OC)c3nc2-c2ccccc2)[C@H](c2ccccc2)C1. The Morgan fingerprint density at radius 1 is 1.00 bits per heavy atom. The van der Waals surface area contributed by atoms with Gasteiger partial charge in [0.25, 0.3) is 0 Å². The van der Waals surface area contributed by atoms with Crippen molar-refractivity contribution in [3.05, 3.63) is 90.0 Å². The van der Waals surface area contributed by atoms with Crippen molar-refractivity contribution >= 4 is 22.5 Å². The van der Waals surface area contributed by atoms with Crippen molar-refractivity contribution in [3.63, 3.8) is 0 Å². The van der Waals surface area contributed by atoms with Crippen molar-refractivity contribution in [2.75, 3.05) is 45.8 Å². The Labute approximate surface area is 231 Å². The zero-order valence-electron chi connectivity index (χ0n) is 23.0. The Morgan fingerprint density at radius 3 is 2.46 bits per heavy atom. The van der Waals surface area contributed by atoms with E-state index >= 15 is 0 Å². The first-order chi connectivity index (χ1) is 19.1. The van der Waals surface area contributed by atoms with Crippen LogP contribution in [0.5, 0.6) is 5.75 Å². The quantitative estimate of drug-likeness (QED) is 0.264. The van der Waals surface area contributed by atoms with E-state index in [-0.39, 0.29) is 5.91 Å². The molecule has 0 radical (unpaired) electrons. The van der Waals surface area contributed by atoms with Gasteiger partial charge in [-0.2, -0.15) is 0 Å². The van der Waals surface area contributed by atoms with Crippen LogP contribution in [0.1, 0.15) is 29.9 Å². The molecular weight excluding hydrogens is 486 g/mol. The average molecular weight is 524 g/mol. The highest BCUT2D eigenvalue weighted by atomic mass is 16.5. The number of nitrogens with one attached hydrogen (secondary N) is 1. The Balaban J connectivity index is 1.37. The molecule has 0 bridgehead atoms. The van der Waals surface area contributed by atoms with Gasteiger partial charge in [-0.15, -0.1) is 0 Å². The number of nitrogens with zero attached hydrogens (tertiary/aromatic N) is 2. The predicted molar refractivity (Wildman–Crippen MR) is 157 cm³/mol. The van der Waals surface area contributed by atoms with E-state index in [4.69, 9.17) is 14.5 Å². The summed E-state index contributed by atoms with van der Waals surface area (Å²) in [6, 6.07) is 26.7. The van der Waals surface area contributed by atoms with Crippen LogP contribution in [0.4, 0.5) is 5.69 Å². The van der Waals surface area contributed by atoms with E-state index in [0.717, 1.165) is 71.8 Å². The molecule has 1 saturated heterocycles. The minimum absolute atomic E-state index is 0.00885. The molecule has 1 aliphatic heterocycles. The first kappa shape index (κ1) is 26.9. The van der Waals surface area contributed by atoms with Crippen molar-refractivity contribution in [3.8, 4) is 17.0 Å². The average Bonchev–Trinajstić information content (AvgIpc) is 3.38. The molecule has 1 N–H and O–H groups in total. The molecular formula is C33H37N3O3. The zero-order chi connectivity index (χ0) is 27.2. The summed E-state index contributed by atoms with van der Waals surface area (Å²) in [5.74, 6) is 1.59. The number of rotatable bonds is 10. The number of aromatic nitrogens is 1. The van der Waals surface area contributed by atoms with Crippen LogP contribution in [-0.2, 0) is 9.53 Å². The highest BCUT2D eigenvalue weighted by Gasteiger charge is 2.33. The second-order valence-electron chi connectivity index (χ2n) is 10.4. The summed E-state index contributed by atoms with van der Waals surface area (Å²) >= 11 is 0. The lowest BCUT2D eigenvalue weighted by Crippen LogP contribution is -2.25. The van der Waals surface area contributed by atoms with Crippen LogP contribution < -0.4 is 10.1 Å². The van der Waals surface area contributed by atoms with Gasteiger partial charge < -0.3 is 19.7 Å². The molecule has 0 unspecified atom stereocenters. The third-order valence-electron chi connectivity index (χ3n) is 7.76. The molecule has 3 aromatic carbocycles. The molecule has 5 rings (SSSR count). The number of pyridine rings is 1. The summed E-state index contributed by atoms with van der Waals surface area (Å²) in [7, 11) is 3.42. The van der Waals surface area contributed by atoms with Gasteiger partial charge in [-0.05, 0) is 36.5 Å². The van der Waals surface area contributed by atoms with Gasteiger partial charge in [0, 0.05) is 50.0 Å². The Hall–Kier alpha value is -3.74. The molecule has 0 spiro atoms. The van der Waals surface area contributed by atoms with Crippen molar-refractivity contribution < 1.29 is 14.3 Å². The van der Waals surface area contributed by atoms with Crippen LogP contribution >= 0.6 is 0 Å². The van der Waals surface area contributed by atoms with Crippen molar-refractivity contribution in [1.82, 2.24) is 9.88 Å². The van der Waals surface area contributed by atoms with E-state index in [2.05, 4.69) is 40.5 Å². The fourth-order valence-corrected chi connectivity index (χ4v) is 5.75. The third-order valence-corrected chi connectivity index (χ3v) is 7.76. The predicted octanol–water partition coefficient (Wildman–Crippen LogP) is 6.30. The number of hydrogen-bond acceptors (Lipinski definition) is 5. The molecule has 4 aromatic rings. The molecule has 202 valence electrons. The second kappa shape index (κ2) is 12.4. The Bertz CT molecular complexity index is 1410. The number of anilines is 1. The number of benzene rings is 3. The van der Waals surface area contributed by atoms with E-state index < -0.39 is 0 Å². The number of methoxy groups -OCH3 is 2. The summed E-state index contributed by atoms with van der Waals surface area (Å²) in [6.45, 7) is 5.61. The molecule has 0 saturated carbocycles. The third kappa shape index (κ3) is 6.13. The van der Waals surface area contributed by atoms with Gasteiger partial charge in [-0.1, -0.05) is 72.8 Å². The number of amides is 1. The molecule has 1 aromatic heterocycles. The smallest absolute Gasteiger partial charge is 0.224 e. The maximum absolute atomic E-state index is 13.4. The van der Waals surface area contributed by atoms with Crippen molar-refractivity contribution in [2.45, 2.75) is 25.7 Å². The minimum Gasteiger partial charge on any atom is -0.494 e. The van der Waals surface area contributed by atoms with Gasteiger partial charge in [0.2, 0.25) is 5.91 Å². The van der Waals surface area contributed by atoms with Crippen LogP contribution in [0.15, 0.2) is 78.9 Å². The summed E-state index contributed by atoms with van der Waals surface area (Å²) in [4.78, 5) is 20.8. The highest BCUT2D eigenvalue weighted by molar-refractivity contribution is 5.99. The number of carbonyl (C=O) groups excluding carboxylic acids is 1. The standard InChI is InChI=1S/C33H37N3O3/c1-23-14-15-26-20-29(31(25-12-8-5-9-13-25)35-32(26)33(23)39-3)34-30(37)17-16-27-21-36(18-19-38-2)22-28(27)24-10-6-4-7-11-24/h4-15,20,27-28H,16-19,21-22H2,1-3H3,(H,34,37)/t27-,28+/m1/s1. The summed E-state index contributed by atoms with van der Waals surface area (Å²) in [5.41, 5.74) is 5.58. The molecule has 2 heterocycles. The van der Waals surface area contributed by atoms with E-state index in [0.29, 0.717) is 18.3 Å². The number of ether oxygens (including phenoxy) is 2. The first-order valence-corrected chi connectivity index (χ1v) is 13.7. The van der Waals surface area contributed by atoms with Gasteiger partial charge in [0.1, 0.15) is 11.3 Å². The zero-order valence-corrected chi connectivity index (χ0v) is 23.0. The fourth-order valence-electron chi connectivity index (χ4n) is 5.75. The molecule has 1 amide bonds. The lowest BCUT2D eigenvalue weighted by molar-refractivity contribution is -0.116. The topological polar surface area (TPSA) is 63.7 Å². The molecule has 39 heavy (non-hydrogen) atoms. The molecule has 6 nitrogen and oxygen atoms in total. The second-order valence-corrected chi connectivity index (χ2v) is 10.4. The lowest BCUT2D eigenvalue weighted by Gasteiger charge is -2.19. The van der Waals surface area contributed by atoms with Crippen LogP contribution in [-0.4, -0.2) is 56.3 Å². The molecule has 6 heteroatoms. The van der Waals surface area contributed by atoms with Gasteiger partial charge >= 0.3 is 0 Å². The number of fused-ring (bicyclic) bond motifs is 1. The van der Waals surface area contributed by atoms with E-state index in [1.165, 1.54) is 5.56 Å². The Kier molecular flexibility index (Phi) is 8.54. The molecule has 1 aliphatic rings. The minimum atomic E-state index is 0.00885. The van der Waals surface area contributed by atoms with Gasteiger partial charge in [-0.25, -0.2) is 4.98 Å². The highest BCUT2D eigenvalue weighted by Crippen LogP contribution is 2.37. The number of aryl methyl sites for hydroxylation is 1. The number of hydrogen-bond donors (Lipinski definition) is 1. The van der Waals surface area contributed by atoms with Gasteiger partial charge in [-0.3, -0.25) is 4.79 Å². The van der Waals surface area contributed by atoms with Crippen LogP contribution in [0, 0.1) is 12.8 Å². The number of carbonyl (C=O) groups is 1. The number of likely N-dealkylation sites (tertiary alicyclic amines) is 1. The maximum atomic E-state index is 13.4. The fraction of sp³-hybridized carbons (Fsp3) is 0.333. The van der Waals surface area contributed by atoms with Crippen molar-refractivity contribution in [1.29, 1.82) is 0 Å². The summed E-state index contributed by atoms with van der Waals surface area (Å²) in [6.07, 6.45) is 1.28. The van der Waals surface area contributed by atoms with Crippen LogP contribution in [0.2, 0.25) is 0 Å². The van der Waals surface area contributed by atoms with E-state index in [9.17, 15) is 4.79 Å². The van der Waals surface area contributed by atoms with E-state index in [1.807, 2.05) is 55.5 Å². The van der Waals surface area contributed by atoms with Gasteiger partial charge in [0.05, 0.1) is 25.1 Å². The summed E-state index contributed by atoms with van der Waals surface area (Å²) in [5, 5.41) is 4.13. The molecule has 1 fully saturated rings. The molecule has 0 aliphatic carbocycles. The first-order valence-electron chi connectivity index (χ1n) is 13.7. The monoisotopic (exact) mass is 523 g/mol. The summed E-state index contributed by atoms with van der Waals surface area (Å²) < 4.78 is 11.0.